The van der Waals surface area contributed by atoms with Crippen LogP contribution in [0.5, 0.6) is 0 Å². The summed E-state index contributed by atoms with van der Waals surface area (Å²) in [6, 6.07) is 0. The van der Waals surface area contributed by atoms with Gasteiger partial charge in [-0.05, 0) is 110 Å². The Kier molecular flexibility index (Phi) is 14.8. The van der Waals surface area contributed by atoms with E-state index in [0.717, 1.165) is 42.9 Å². The number of fused-ring (bicyclic) bond motifs is 5. The summed E-state index contributed by atoms with van der Waals surface area (Å²) in [6.07, 6.45) is 36.1. The van der Waals surface area contributed by atoms with E-state index in [1.54, 1.807) is 0 Å². The second-order valence-electron chi connectivity index (χ2n) is 17.7. The van der Waals surface area contributed by atoms with Crippen molar-refractivity contribution in [2.45, 2.75) is 196 Å². The topological polar surface area (TPSA) is 26.3 Å². The Morgan fingerprint density at radius 1 is 0.783 bits per heavy atom. The number of hydrogen-bond donors (Lipinski definition) is 0. The second-order valence-corrected chi connectivity index (χ2v) is 17.7. The first kappa shape index (κ1) is 37.8. The number of ether oxygens (including phenoxy) is 1. The van der Waals surface area contributed by atoms with Crippen LogP contribution < -0.4 is 0 Å². The van der Waals surface area contributed by atoms with E-state index in [2.05, 4.69) is 66.7 Å². The maximum absolute atomic E-state index is 12.8. The van der Waals surface area contributed by atoms with Crippen molar-refractivity contribution in [1.82, 2.24) is 0 Å². The first-order chi connectivity index (χ1) is 22.1. The third-order valence-electron chi connectivity index (χ3n) is 14.3. The van der Waals surface area contributed by atoms with E-state index < -0.39 is 0 Å². The van der Waals surface area contributed by atoms with Gasteiger partial charge in [-0.3, -0.25) is 4.79 Å². The number of allylic oxidation sites excluding steroid dienone is 4. The van der Waals surface area contributed by atoms with E-state index >= 15 is 0 Å². The van der Waals surface area contributed by atoms with E-state index in [-0.39, 0.29) is 12.1 Å². The Labute approximate surface area is 286 Å². The Bertz CT molecular complexity index is 976. The molecule has 4 aliphatic rings. The zero-order chi connectivity index (χ0) is 33.2. The van der Waals surface area contributed by atoms with Crippen LogP contribution in [0.3, 0.4) is 0 Å². The number of hydrogen-bond acceptors (Lipinski definition) is 2. The average Bonchev–Trinajstić information content (AvgIpc) is 3.39. The molecule has 0 radical (unpaired) electrons. The molecule has 0 N–H and O–H groups in total. The highest BCUT2D eigenvalue weighted by molar-refractivity contribution is 5.69. The smallest absolute Gasteiger partial charge is 0.306 e. The van der Waals surface area contributed by atoms with Gasteiger partial charge in [0.05, 0.1) is 0 Å². The lowest BCUT2D eigenvalue weighted by molar-refractivity contribution is -0.155. The second kappa shape index (κ2) is 18.1. The van der Waals surface area contributed by atoms with E-state index in [4.69, 9.17) is 4.74 Å². The number of carbonyl (C=O) groups is 1. The van der Waals surface area contributed by atoms with Crippen molar-refractivity contribution in [3.8, 4) is 0 Å². The molecular formula is C44H76O2. The number of carbonyl (C=O) groups excluding carboxylic acids is 1. The molecule has 0 aromatic carbocycles. The van der Waals surface area contributed by atoms with E-state index in [1.807, 2.05) is 5.57 Å². The van der Waals surface area contributed by atoms with Gasteiger partial charge in [-0.2, -0.15) is 0 Å². The van der Waals surface area contributed by atoms with Crippen LogP contribution in [0.25, 0.3) is 0 Å². The highest BCUT2D eigenvalue weighted by atomic mass is 16.5. The predicted molar refractivity (Wildman–Crippen MR) is 198 cm³/mol. The molecule has 2 nitrogen and oxygen atoms in total. The van der Waals surface area contributed by atoms with Gasteiger partial charge in [-0.25, -0.2) is 0 Å². The van der Waals surface area contributed by atoms with Crippen LogP contribution in [0.2, 0.25) is 0 Å². The number of unbranched alkanes of at least 4 members (excludes halogenated alkanes) is 12. The molecule has 0 aromatic heterocycles. The molecule has 1 unspecified atom stereocenters. The van der Waals surface area contributed by atoms with Crippen LogP contribution >= 0.6 is 0 Å². The minimum absolute atomic E-state index is 0.0695. The van der Waals surface area contributed by atoms with Crippen LogP contribution in [0.15, 0.2) is 23.8 Å². The molecule has 264 valence electrons. The SMILES string of the molecule is CCCCCCCCCCCCCCCC(=O)O[C@H]1CC[C@@]2(C)C(CC=C3[C@@H]4CC[C@H]([C@H](C)/C=C/[C@H](C)C(C)C)[C@@]4(C)CC[C@@H]32)C1. The van der Waals surface area contributed by atoms with Gasteiger partial charge in [0.15, 0.2) is 0 Å². The zero-order valence-electron chi connectivity index (χ0n) is 31.7. The maximum Gasteiger partial charge on any atom is 0.306 e. The van der Waals surface area contributed by atoms with Crippen LogP contribution in [0, 0.1) is 52.3 Å². The van der Waals surface area contributed by atoms with Gasteiger partial charge in [-0.15, -0.1) is 0 Å². The Hall–Kier alpha value is -1.05. The summed E-state index contributed by atoms with van der Waals surface area (Å²) in [4.78, 5) is 12.8. The van der Waals surface area contributed by atoms with Gasteiger partial charge in [-0.1, -0.05) is 149 Å². The summed E-state index contributed by atoms with van der Waals surface area (Å²) < 4.78 is 6.14. The highest BCUT2D eigenvalue weighted by Crippen LogP contribution is 2.67. The lowest BCUT2D eigenvalue weighted by Crippen LogP contribution is -2.50. The number of rotatable bonds is 19. The van der Waals surface area contributed by atoms with Crippen molar-refractivity contribution in [3.05, 3.63) is 23.8 Å². The van der Waals surface area contributed by atoms with Crippen molar-refractivity contribution < 1.29 is 9.53 Å². The predicted octanol–water partition coefficient (Wildman–Crippen LogP) is 13.4. The standard InChI is InChI=1S/C44H76O2/c1-8-9-10-11-12-13-14-15-16-17-18-19-20-21-42(45)46-37-28-30-43(6)36(32-37)24-25-38-40-27-26-39(44(40,7)31-29-41(38)43)35(5)23-22-34(4)33(2)3/h22-23,25,33-37,39-41H,8-21,24,26-32H2,1-7H3/b23-22+/t34-,35+,36?,37-,39+,40-,41-,43-,44+/m0/s1. The van der Waals surface area contributed by atoms with Crippen molar-refractivity contribution >= 4 is 5.97 Å². The fourth-order valence-corrected chi connectivity index (χ4v) is 10.7. The van der Waals surface area contributed by atoms with Crippen LogP contribution in [-0.2, 0) is 9.53 Å². The molecule has 0 heterocycles. The molecule has 0 bridgehead atoms. The molecule has 9 atom stereocenters. The Morgan fingerprint density at radius 2 is 1.37 bits per heavy atom. The number of esters is 1. The molecule has 0 spiro atoms. The van der Waals surface area contributed by atoms with Gasteiger partial charge >= 0.3 is 5.97 Å². The Morgan fingerprint density at radius 3 is 2.00 bits per heavy atom. The molecule has 4 aliphatic carbocycles. The van der Waals surface area contributed by atoms with E-state index in [9.17, 15) is 4.79 Å². The first-order valence-corrected chi connectivity index (χ1v) is 20.7. The van der Waals surface area contributed by atoms with Crippen molar-refractivity contribution in [2.75, 3.05) is 0 Å². The Balaban J connectivity index is 1.16. The van der Waals surface area contributed by atoms with Gasteiger partial charge in [0.2, 0.25) is 0 Å². The summed E-state index contributed by atoms with van der Waals surface area (Å²) in [7, 11) is 0. The summed E-state index contributed by atoms with van der Waals surface area (Å²) in [5.41, 5.74) is 2.69. The van der Waals surface area contributed by atoms with Crippen LogP contribution in [0.4, 0.5) is 0 Å². The van der Waals surface area contributed by atoms with Crippen molar-refractivity contribution in [3.63, 3.8) is 0 Å². The average molecular weight is 637 g/mol. The fraction of sp³-hybridized carbons (Fsp3) is 0.886. The summed E-state index contributed by atoms with van der Waals surface area (Å²) in [6.45, 7) is 17.1. The molecule has 0 aromatic rings. The summed E-state index contributed by atoms with van der Waals surface area (Å²) in [5.74, 6) is 5.13. The van der Waals surface area contributed by atoms with Gasteiger partial charge in [0.25, 0.3) is 0 Å². The highest BCUT2D eigenvalue weighted by Gasteiger charge is 2.58. The maximum atomic E-state index is 12.8. The molecule has 2 heteroatoms. The molecule has 0 saturated heterocycles. The minimum atomic E-state index is 0.0695. The van der Waals surface area contributed by atoms with E-state index in [1.165, 1.54) is 116 Å². The fourth-order valence-electron chi connectivity index (χ4n) is 10.7. The first-order valence-electron chi connectivity index (χ1n) is 20.7. The van der Waals surface area contributed by atoms with Gasteiger partial charge < -0.3 is 4.74 Å². The largest absolute Gasteiger partial charge is 0.462 e. The van der Waals surface area contributed by atoms with Crippen molar-refractivity contribution in [2.24, 2.45) is 52.3 Å². The van der Waals surface area contributed by atoms with E-state index in [0.29, 0.717) is 35.0 Å². The van der Waals surface area contributed by atoms with Gasteiger partial charge in [0, 0.05) is 6.42 Å². The lowest BCUT2D eigenvalue weighted by Gasteiger charge is -2.58. The third-order valence-corrected chi connectivity index (χ3v) is 14.3. The normalized spacial score (nSPS) is 33.7. The van der Waals surface area contributed by atoms with Crippen LogP contribution in [-0.4, -0.2) is 12.1 Å². The monoisotopic (exact) mass is 637 g/mol. The molecule has 46 heavy (non-hydrogen) atoms. The zero-order valence-corrected chi connectivity index (χ0v) is 31.7. The minimum Gasteiger partial charge on any atom is -0.462 e. The van der Waals surface area contributed by atoms with Gasteiger partial charge in [0.1, 0.15) is 6.10 Å². The molecule has 0 amide bonds. The van der Waals surface area contributed by atoms with Crippen LogP contribution in [0.1, 0.15) is 190 Å². The molecular weight excluding hydrogens is 560 g/mol. The molecule has 3 fully saturated rings. The molecule has 3 saturated carbocycles. The summed E-state index contributed by atoms with van der Waals surface area (Å²) >= 11 is 0. The quantitative estimate of drug-likeness (QED) is 0.0801. The van der Waals surface area contributed by atoms with Crippen molar-refractivity contribution in [1.29, 1.82) is 0 Å². The molecule has 4 rings (SSSR count). The lowest BCUT2D eigenvalue weighted by atomic mass is 9.47. The summed E-state index contributed by atoms with van der Waals surface area (Å²) in [5, 5.41) is 0. The third kappa shape index (κ3) is 9.55. The molecule has 0 aliphatic heterocycles.